The Morgan fingerprint density at radius 3 is 2.40 bits per heavy atom. The zero-order valence-electron chi connectivity index (χ0n) is 26.1. The van der Waals surface area contributed by atoms with Crippen molar-refractivity contribution in [1.82, 2.24) is 20.0 Å². The van der Waals surface area contributed by atoms with Crippen molar-refractivity contribution in [2.24, 2.45) is 23.7 Å². The highest BCUT2D eigenvalue weighted by Crippen LogP contribution is 2.54. The molecule has 2 amide bonds. The molecule has 0 bridgehead atoms. The first kappa shape index (κ1) is 29.5. The van der Waals surface area contributed by atoms with Crippen LogP contribution in [0, 0.1) is 23.7 Å². The normalized spacial score (nSPS) is 43.5. The Kier molecular flexibility index (Phi) is 8.60. The Morgan fingerprint density at radius 1 is 0.881 bits per heavy atom. The van der Waals surface area contributed by atoms with Crippen LogP contribution in [0.4, 0.5) is 0 Å². The van der Waals surface area contributed by atoms with Crippen LogP contribution in [0.15, 0.2) is 0 Å². The number of piperidine rings is 2. The molecule has 4 aliphatic heterocycles. The standard InChI is InChI=1S/C33H54N4O5/c1-20(32(38)36-17-15-35(16-18-36)21-7-5-4-6-8-21)42-22-9-11-26-25(19-22)23-13-14-34-29-24-10-12-27(40-2)31(41-3)28(24)33(39)37(26)30(23)29/h20-31,34H,4-19H2,1-3H3/t20-,22?,23?,24?,25?,26?,27?,28?,29?,30?,31?/m1/s1. The van der Waals surface area contributed by atoms with Gasteiger partial charge in [-0.3, -0.25) is 14.5 Å². The molecule has 3 saturated carbocycles. The molecule has 4 heterocycles. The van der Waals surface area contributed by atoms with Gasteiger partial charge in [0.05, 0.1) is 30.3 Å². The van der Waals surface area contributed by atoms with E-state index >= 15 is 0 Å². The predicted molar refractivity (Wildman–Crippen MR) is 159 cm³/mol. The third-order valence-corrected chi connectivity index (χ3v) is 12.7. The number of carbonyl (C=O) groups excluding carboxylic acids is 2. The number of methoxy groups -OCH3 is 2. The molecule has 7 fully saturated rings. The quantitative estimate of drug-likeness (QED) is 0.513. The average Bonchev–Trinajstić information content (AvgIpc) is 3.37. The van der Waals surface area contributed by atoms with Gasteiger partial charge in [-0.15, -0.1) is 0 Å². The maximum Gasteiger partial charge on any atom is 0.251 e. The Labute approximate surface area is 252 Å². The van der Waals surface area contributed by atoms with Crippen molar-refractivity contribution < 1.29 is 23.8 Å². The molecule has 0 aromatic carbocycles. The average molecular weight is 587 g/mol. The molecule has 0 spiro atoms. The smallest absolute Gasteiger partial charge is 0.251 e. The molecule has 9 heteroatoms. The summed E-state index contributed by atoms with van der Waals surface area (Å²) in [6, 6.07) is 1.60. The van der Waals surface area contributed by atoms with Gasteiger partial charge in [0.2, 0.25) is 5.91 Å². The summed E-state index contributed by atoms with van der Waals surface area (Å²) in [7, 11) is 3.49. The summed E-state index contributed by atoms with van der Waals surface area (Å²) in [5.41, 5.74) is 0. The Morgan fingerprint density at radius 2 is 1.67 bits per heavy atom. The van der Waals surface area contributed by atoms with Gasteiger partial charge < -0.3 is 29.3 Å². The number of ether oxygens (including phenoxy) is 3. The van der Waals surface area contributed by atoms with Crippen molar-refractivity contribution >= 4 is 11.8 Å². The maximum atomic E-state index is 14.3. The minimum atomic E-state index is -0.407. The van der Waals surface area contributed by atoms with Crippen LogP contribution in [0.2, 0.25) is 0 Å². The fourth-order valence-electron chi connectivity index (χ4n) is 10.8. The summed E-state index contributed by atoms with van der Waals surface area (Å²) in [6.07, 6.45) is 12.1. The first-order valence-electron chi connectivity index (χ1n) is 17.3. The van der Waals surface area contributed by atoms with Crippen molar-refractivity contribution in [3.05, 3.63) is 0 Å². The number of nitrogens with zero attached hydrogens (tertiary/aromatic N) is 3. The number of nitrogens with one attached hydrogen (secondary N) is 1. The molecule has 3 aliphatic carbocycles. The van der Waals surface area contributed by atoms with Gasteiger partial charge in [0, 0.05) is 58.5 Å². The molecule has 0 aromatic heterocycles. The van der Waals surface area contributed by atoms with Crippen LogP contribution in [0.1, 0.15) is 77.6 Å². The van der Waals surface area contributed by atoms with Crippen molar-refractivity contribution in [3.63, 3.8) is 0 Å². The molecule has 7 rings (SSSR count). The molecular formula is C33H54N4O5. The maximum absolute atomic E-state index is 14.3. The fourth-order valence-corrected chi connectivity index (χ4v) is 10.8. The van der Waals surface area contributed by atoms with E-state index in [-0.39, 0.29) is 42.2 Å². The van der Waals surface area contributed by atoms with Crippen LogP contribution in [-0.4, -0.2) is 122 Å². The van der Waals surface area contributed by atoms with Gasteiger partial charge in [-0.1, -0.05) is 19.3 Å². The molecule has 4 saturated heterocycles. The highest BCUT2D eigenvalue weighted by molar-refractivity contribution is 5.83. The second kappa shape index (κ2) is 12.3. The number of carbonyl (C=O) groups is 2. The van der Waals surface area contributed by atoms with Crippen LogP contribution in [0.5, 0.6) is 0 Å². The monoisotopic (exact) mass is 586 g/mol. The highest BCUT2D eigenvalue weighted by atomic mass is 16.5. The third-order valence-electron chi connectivity index (χ3n) is 12.7. The van der Waals surface area contributed by atoms with Crippen molar-refractivity contribution in [2.45, 2.75) is 126 Å². The summed E-state index contributed by atoms with van der Waals surface area (Å²) < 4.78 is 18.3. The van der Waals surface area contributed by atoms with Crippen LogP contribution < -0.4 is 5.32 Å². The number of hydrogen-bond donors (Lipinski definition) is 1. The lowest BCUT2D eigenvalue weighted by Crippen LogP contribution is -2.70. The zero-order valence-corrected chi connectivity index (χ0v) is 26.1. The van der Waals surface area contributed by atoms with E-state index in [1.165, 1.54) is 32.1 Å². The second-order valence-corrected chi connectivity index (χ2v) is 14.5. The molecule has 11 atom stereocenters. The van der Waals surface area contributed by atoms with E-state index in [4.69, 9.17) is 14.2 Å². The van der Waals surface area contributed by atoms with Crippen LogP contribution >= 0.6 is 0 Å². The molecule has 236 valence electrons. The van der Waals surface area contributed by atoms with Gasteiger partial charge in [-0.05, 0) is 82.6 Å². The number of rotatable bonds is 6. The summed E-state index contributed by atoms with van der Waals surface area (Å²) in [5.74, 6) is 1.59. The molecule has 0 radical (unpaired) electrons. The van der Waals surface area contributed by atoms with Gasteiger partial charge in [0.25, 0.3) is 5.91 Å². The van der Waals surface area contributed by atoms with Gasteiger partial charge in [-0.2, -0.15) is 0 Å². The van der Waals surface area contributed by atoms with Crippen molar-refractivity contribution in [2.75, 3.05) is 46.9 Å². The lowest BCUT2D eigenvalue weighted by molar-refractivity contribution is -0.175. The SMILES string of the molecule is COC1CCC2C3NCCC4C5CC(O[C@H](C)C(=O)N6CCN(C7CCCCC7)CC6)CCC5N(C(=O)C2C1OC)C43. The molecule has 42 heavy (non-hydrogen) atoms. The lowest BCUT2D eigenvalue weighted by atomic mass is 9.64. The van der Waals surface area contributed by atoms with E-state index < -0.39 is 6.10 Å². The Bertz CT molecular complexity index is 983. The van der Waals surface area contributed by atoms with Gasteiger partial charge in [-0.25, -0.2) is 0 Å². The first-order valence-corrected chi connectivity index (χ1v) is 17.3. The van der Waals surface area contributed by atoms with Crippen molar-refractivity contribution in [1.29, 1.82) is 0 Å². The number of amides is 2. The van der Waals surface area contributed by atoms with E-state index in [1.807, 2.05) is 11.8 Å². The number of hydrogen-bond acceptors (Lipinski definition) is 7. The lowest BCUT2D eigenvalue weighted by Gasteiger charge is -2.55. The van der Waals surface area contributed by atoms with E-state index in [2.05, 4.69) is 15.1 Å². The molecule has 0 aromatic rings. The Balaban J connectivity index is 0.990. The Hall–Kier alpha value is -1.26. The minimum absolute atomic E-state index is 0.0204. The number of piperazine rings is 1. The van der Waals surface area contributed by atoms with Crippen LogP contribution in [0.3, 0.4) is 0 Å². The zero-order chi connectivity index (χ0) is 29.0. The molecule has 10 unspecified atom stereocenters. The van der Waals surface area contributed by atoms with Crippen molar-refractivity contribution in [3.8, 4) is 0 Å². The van der Waals surface area contributed by atoms with E-state index in [0.717, 1.165) is 77.3 Å². The molecule has 1 N–H and O–H groups in total. The summed E-state index contributed by atoms with van der Waals surface area (Å²) >= 11 is 0. The summed E-state index contributed by atoms with van der Waals surface area (Å²) in [5, 5.41) is 3.87. The molecule has 9 nitrogen and oxygen atoms in total. The van der Waals surface area contributed by atoms with Gasteiger partial charge in [0.1, 0.15) is 6.10 Å². The molecule has 7 aliphatic rings. The molecular weight excluding hydrogens is 532 g/mol. The van der Waals surface area contributed by atoms with Crippen LogP contribution in [-0.2, 0) is 23.8 Å². The van der Waals surface area contributed by atoms with Gasteiger partial charge in [0.15, 0.2) is 0 Å². The van der Waals surface area contributed by atoms with E-state index in [0.29, 0.717) is 29.7 Å². The highest BCUT2D eigenvalue weighted by Gasteiger charge is 2.64. The minimum Gasteiger partial charge on any atom is -0.379 e. The summed E-state index contributed by atoms with van der Waals surface area (Å²) in [4.78, 5) is 34.7. The largest absolute Gasteiger partial charge is 0.379 e. The predicted octanol–water partition coefficient (Wildman–Crippen LogP) is 2.66. The number of fused-ring (bicyclic) bond motifs is 5. The van der Waals surface area contributed by atoms with E-state index in [9.17, 15) is 9.59 Å². The first-order chi connectivity index (χ1) is 20.5. The van der Waals surface area contributed by atoms with E-state index in [1.54, 1.807) is 14.2 Å². The summed E-state index contributed by atoms with van der Waals surface area (Å²) in [6.45, 7) is 6.61. The fraction of sp³-hybridized carbons (Fsp3) is 0.939. The van der Waals surface area contributed by atoms with Crippen LogP contribution in [0.25, 0.3) is 0 Å². The van der Waals surface area contributed by atoms with Gasteiger partial charge >= 0.3 is 0 Å². The third kappa shape index (κ3) is 5.03. The topological polar surface area (TPSA) is 83.6 Å². The second-order valence-electron chi connectivity index (χ2n) is 14.5.